The van der Waals surface area contributed by atoms with Gasteiger partial charge >= 0.3 is 5.69 Å². The van der Waals surface area contributed by atoms with Crippen molar-refractivity contribution in [3.63, 3.8) is 0 Å². The molecule has 1 aromatic carbocycles. The van der Waals surface area contributed by atoms with Crippen LogP contribution < -0.4 is 11.0 Å². The number of benzene rings is 1. The topological polar surface area (TPSA) is 70.7 Å². The minimum absolute atomic E-state index is 0.0418. The summed E-state index contributed by atoms with van der Waals surface area (Å²) in [6.07, 6.45) is 3.94. The Bertz CT molecular complexity index is 910. The molecule has 8 heteroatoms. The van der Waals surface area contributed by atoms with Crippen LogP contribution in [-0.2, 0) is 26.1 Å². The van der Waals surface area contributed by atoms with Gasteiger partial charge in [0, 0.05) is 65.3 Å². The van der Waals surface area contributed by atoms with E-state index >= 15 is 0 Å². The van der Waals surface area contributed by atoms with Crippen LogP contribution in [0.4, 0.5) is 0 Å². The Hall–Kier alpha value is -2.61. The molecule has 3 heterocycles. The molecule has 31 heavy (non-hydrogen) atoms. The van der Waals surface area contributed by atoms with Crippen LogP contribution in [0.25, 0.3) is 0 Å². The van der Waals surface area contributed by atoms with Gasteiger partial charge < -0.3 is 10.2 Å². The second kappa shape index (κ2) is 10.6. The summed E-state index contributed by atoms with van der Waals surface area (Å²) in [5.74, 6) is 1.93. The molecule has 0 atom stereocenters. The highest BCUT2D eigenvalue weighted by atomic mass is 16.2. The average Bonchev–Trinajstić information content (AvgIpc) is 3.13. The van der Waals surface area contributed by atoms with Gasteiger partial charge in [-0.1, -0.05) is 30.3 Å². The number of aromatic nitrogens is 3. The Balaban J connectivity index is 1.27. The molecule has 2 aromatic rings. The lowest BCUT2D eigenvalue weighted by molar-refractivity contribution is 0.172. The van der Waals surface area contributed by atoms with Crippen molar-refractivity contribution in [3.05, 3.63) is 52.2 Å². The highest BCUT2D eigenvalue weighted by Gasteiger charge is 2.20. The van der Waals surface area contributed by atoms with E-state index in [1.807, 2.05) is 4.57 Å². The third-order valence-electron chi connectivity index (χ3n) is 6.08. The summed E-state index contributed by atoms with van der Waals surface area (Å²) < 4.78 is 3.47. The maximum atomic E-state index is 12.5. The summed E-state index contributed by atoms with van der Waals surface area (Å²) in [4.78, 5) is 22.1. The van der Waals surface area contributed by atoms with Crippen molar-refractivity contribution < 1.29 is 0 Å². The summed E-state index contributed by atoms with van der Waals surface area (Å²) in [6, 6.07) is 10.7. The first-order valence-corrected chi connectivity index (χ1v) is 11.7. The second-order valence-corrected chi connectivity index (χ2v) is 8.37. The third kappa shape index (κ3) is 5.55. The number of guanidine groups is 1. The normalized spacial score (nSPS) is 17.6. The van der Waals surface area contributed by atoms with Crippen LogP contribution in [0.1, 0.15) is 37.6 Å². The number of hydrogen-bond donors (Lipinski definition) is 1. The van der Waals surface area contributed by atoms with Gasteiger partial charge in [0.2, 0.25) is 0 Å². The van der Waals surface area contributed by atoms with Gasteiger partial charge in [-0.2, -0.15) is 5.10 Å². The fourth-order valence-corrected chi connectivity index (χ4v) is 4.38. The molecule has 1 N–H and O–H groups in total. The smallest absolute Gasteiger partial charge is 0.345 e. The van der Waals surface area contributed by atoms with E-state index in [4.69, 9.17) is 4.99 Å². The van der Waals surface area contributed by atoms with Crippen LogP contribution in [0.15, 0.2) is 40.1 Å². The number of hydrogen-bond acceptors (Lipinski definition) is 4. The van der Waals surface area contributed by atoms with Crippen molar-refractivity contribution >= 4 is 5.96 Å². The molecule has 2 aliphatic heterocycles. The molecule has 0 bridgehead atoms. The predicted octanol–water partition coefficient (Wildman–Crippen LogP) is 1.55. The molecule has 0 spiro atoms. The van der Waals surface area contributed by atoms with Gasteiger partial charge in [-0.05, 0) is 31.7 Å². The zero-order chi connectivity index (χ0) is 21.5. The van der Waals surface area contributed by atoms with E-state index in [9.17, 15) is 4.79 Å². The fourth-order valence-electron chi connectivity index (χ4n) is 4.38. The summed E-state index contributed by atoms with van der Waals surface area (Å²) >= 11 is 0. The van der Waals surface area contributed by atoms with E-state index in [0.29, 0.717) is 13.1 Å². The zero-order valence-electron chi connectivity index (χ0n) is 18.7. The minimum atomic E-state index is 0.0418. The molecular weight excluding hydrogens is 390 g/mol. The Morgan fingerprint density at radius 1 is 1.10 bits per heavy atom. The van der Waals surface area contributed by atoms with Crippen LogP contribution in [-0.4, -0.2) is 69.4 Å². The van der Waals surface area contributed by atoms with Crippen molar-refractivity contribution in [1.29, 1.82) is 0 Å². The van der Waals surface area contributed by atoms with Crippen molar-refractivity contribution in [1.82, 2.24) is 29.5 Å². The first kappa shape index (κ1) is 21.6. The number of nitrogens with one attached hydrogen (secondary N) is 1. The SMILES string of the molecule is CCNC(=NCCCn1nc2n(c1=O)CCCC2)N1CCN(Cc2ccccc2)CC1. The molecule has 0 radical (unpaired) electrons. The van der Waals surface area contributed by atoms with Crippen molar-refractivity contribution in [2.24, 2.45) is 4.99 Å². The number of rotatable bonds is 7. The maximum absolute atomic E-state index is 12.5. The van der Waals surface area contributed by atoms with Gasteiger partial charge in [0.25, 0.3) is 0 Å². The maximum Gasteiger partial charge on any atom is 0.345 e. The average molecular weight is 426 g/mol. The third-order valence-corrected chi connectivity index (χ3v) is 6.08. The summed E-state index contributed by atoms with van der Waals surface area (Å²) in [7, 11) is 0. The Labute approximate surface area is 184 Å². The molecule has 0 amide bonds. The van der Waals surface area contributed by atoms with Gasteiger partial charge in [0.15, 0.2) is 5.96 Å². The van der Waals surface area contributed by atoms with Crippen molar-refractivity contribution in [3.8, 4) is 0 Å². The Kier molecular flexibility index (Phi) is 7.40. The Morgan fingerprint density at radius 3 is 2.65 bits per heavy atom. The van der Waals surface area contributed by atoms with Crippen molar-refractivity contribution in [2.45, 2.75) is 52.2 Å². The molecule has 0 saturated carbocycles. The molecule has 168 valence electrons. The van der Waals surface area contributed by atoms with Gasteiger partial charge in [0.05, 0.1) is 0 Å². The minimum Gasteiger partial charge on any atom is -0.357 e. The van der Waals surface area contributed by atoms with Crippen LogP contribution in [0.3, 0.4) is 0 Å². The number of nitrogens with zero attached hydrogens (tertiary/aromatic N) is 6. The summed E-state index contributed by atoms with van der Waals surface area (Å²) in [5, 5.41) is 7.96. The molecule has 1 saturated heterocycles. The van der Waals surface area contributed by atoms with Crippen LogP contribution in [0, 0.1) is 0 Å². The van der Waals surface area contributed by atoms with E-state index in [2.05, 4.69) is 57.5 Å². The second-order valence-electron chi connectivity index (χ2n) is 8.37. The lowest BCUT2D eigenvalue weighted by atomic mass is 10.2. The first-order valence-electron chi connectivity index (χ1n) is 11.7. The van der Waals surface area contributed by atoms with E-state index in [1.165, 1.54) is 5.56 Å². The molecule has 2 aliphatic rings. The lowest BCUT2D eigenvalue weighted by Crippen LogP contribution is -2.52. The Morgan fingerprint density at radius 2 is 1.90 bits per heavy atom. The van der Waals surface area contributed by atoms with Crippen LogP contribution in [0.5, 0.6) is 0 Å². The van der Waals surface area contributed by atoms with E-state index < -0.39 is 0 Å². The van der Waals surface area contributed by atoms with E-state index in [0.717, 1.165) is 83.3 Å². The fraction of sp³-hybridized carbons (Fsp3) is 0.609. The molecular formula is C23H35N7O. The number of aliphatic imine (C=N–C) groups is 1. The van der Waals surface area contributed by atoms with Crippen molar-refractivity contribution in [2.75, 3.05) is 39.3 Å². The zero-order valence-corrected chi connectivity index (χ0v) is 18.7. The van der Waals surface area contributed by atoms with Crippen LogP contribution in [0.2, 0.25) is 0 Å². The molecule has 1 aromatic heterocycles. The number of piperazine rings is 1. The highest BCUT2D eigenvalue weighted by molar-refractivity contribution is 5.80. The van der Waals surface area contributed by atoms with Gasteiger partial charge in [-0.3, -0.25) is 14.5 Å². The summed E-state index contributed by atoms with van der Waals surface area (Å²) in [5.41, 5.74) is 1.41. The van der Waals surface area contributed by atoms with Gasteiger partial charge in [0.1, 0.15) is 5.82 Å². The van der Waals surface area contributed by atoms with E-state index in [1.54, 1.807) is 4.68 Å². The predicted molar refractivity (Wildman–Crippen MR) is 123 cm³/mol. The number of fused-ring (bicyclic) bond motifs is 1. The molecule has 4 rings (SSSR count). The monoisotopic (exact) mass is 425 g/mol. The lowest BCUT2D eigenvalue weighted by Gasteiger charge is -2.36. The first-order chi connectivity index (χ1) is 15.2. The quantitative estimate of drug-likeness (QED) is 0.414. The number of aryl methyl sites for hydroxylation is 2. The van der Waals surface area contributed by atoms with E-state index in [-0.39, 0.29) is 5.69 Å². The molecule has 1 fully saturated rings. The van der Waals surface area contributed by atoms with Crippen LogP contribution >= 0.6 is 0 Å². The molecule has 0 aliphatic carbocycles. The van der Waals surface area contributed by atoms with Gasteiger partial charge in [-0.15, -0.1) is 0 Å². The van der Waals surface area contributed by atoms with Gasteiger partial charge in [-0.25, -0.2) is 9.48 Å². The summed E-state index contributed by atoms with van der Waals surface area (Å²) in [6.45, 7) is 10.1. The molecule has 0 unspecified atom stereocenters. The highest BCUT2D eigenvalue weighted by Crippen LogP contribution is 2.10. The largest absolute Gasteiger partial charge is 0.357 e. The molecule has 8 nitrogen and oxygen atoms in total. The standard InChI is InChI=1S/C23H35N7O/c1-2-24-22(28-17-15-27(16-18-28)19-20-9-4-3-5-10-20)25-12-8-14-30-23(31)29-13-7-6-11-21(29)26-30/h3-5,9-10H,2,6-8,11-19H2,1H3,(H,24,25).